The average Bonchev–Trinajstić information content (AvgIpc) is 3.18. The summed E-state index contributed by atoms with van der Waals surface area (Å²) in [6.45, 7) is 0.405. The van der Waals surface area contributed by atoms with Crippen LogP contribution in [0.25, 0.3) is 10.7 Å². The Morgan fingerprint density at radius 3 is 2.83 bits per heavy atom. The Bertz CT molecular complexity index is 852. The van der Waals surface area contributed by atoms with Gasteiger partial charge in [0.1, 0.15) is 12.4 Å². The molecule has 0 saturated heterocycles. The predicted octanol–water partition coefficient (Wildman–Crippen LogP) is 3.12. The maximum Gasteiger partial charge on any atom is 0.240 e. The minimum atomic E-state index is -0.301. The van der Waals surface area contributed by atoms with Gasteiger partial charge in [0.05, 0.1) is 4.88 Å². The van der Waals surface area contributed by atoms with E-state index >= 15 is 0 Å². The first kappa shape index (κ1) is 15.6. The van der Waals surface area contributed by atoms with Crippen molar-refractivity contribution in [3.8, 4) is 10.7 Å². The fourth-order valence-corrected chi connectivity index (χ4v) is 2.98. The molecule has 1 aromatic carbocycles. The fourth-order valence-electron chi connectivity index (χ4n) is 2.06. The zero-order chi connectivity index (χ0) is 16.2. The Kier molecular flexibility index (Phi) is 4.63. The molecular formula is C15H13FN4OS2. The minimum Gasteiger partial charge on any atom is -0.350 e. The number of hydrogen-bond donors (Lipinski definition) is 2. The van der Waals surface area contributed by atoms with Crippen LogP contribution in [0.15, 0.2) is 41.8 Å². The Hall–Kier alpha value is -2.32. The molecule has 0 atom stereocenters. The van der Waals surface area contributed by atoms with E-state index in [-0.39, 0.29) is 18.3 Å². The SMILES string of the molecule is O=C(Cn1c(-c2cccs2)n[nH]c1=S)NCc1ccc(F)cc1. The van der Waals surface area contributed by atoms with E-state index in [4.69, 9.17) is 12.2 Å². The molecule has 1 amide bonds. The molecule has 3 rings (SSSR count). The van der Waals surface area contributed by atoms with E-state index in [2.05, 4.69) is 15.5 Å². The summed E-state index contributed by atoms with van der Waals surface area (Å²) in [7, 11) is 0. The second-order valence-electron chi connectivity index (χ2n) is 4.82. The molecule has 2 heterocycles. The molecule has 8 heteroatoms. The number of thiophene rings is 1. The lowest BCUT2D eigenvalue weighted by atomic mass is 10.2. The summed E-state index contributed by atoms with van der Waals surface area (Å²) in [4.78, 5) is 13.1. The van der Waals surface area contributed by atoms with Gasteiger partial charge in [0, 0.05) is 6.54 Å². The van der Waals surface area contributed by atoms with Gasteiger partial charge in [-0.05, 0) is 41.4 Å². The standard InChI is InChI=1S/C15H13FN4OS2/c16-11-5-3-10(4-6-11)8-17-13(21)9-20-14(18-19-15(20)22)12-2-1-7-23-12/h1-7H,8-9H2,(H,17,21)(H,19,22). The molecule has 0 radical (unpaired) electrons. The van der Waals surface area contributed by atoms with Gasteiger partial charge < -0.3 is 5.32 Å². The number of rotatable bonds is 5. The van der Waals surface area contributed by atoms with Gasteiger partial charge in [0.25, 0.3) is 0 Å². The number of halogens is 1. The highest BCUT2D eigenvalue weighted by atomic mass is 32.1. The van der Waals surface area contributed by atoms with Crippen LogP contribution in [0.4, 0.5) is 4.39 Å². The zero-order valence-electron chi connectivity index (χ0n) is 12.0. The molecule has 0 unspecified atom stereocenters. The monoisotopic (exact) mass is 348 g/mol. The van der Waals surface area contributed by atoms with Crippen molar-refractivity contribution in [1.82, 2.24) is 20.1 Å². The van der Waals surface area contributed by atoms with Crippen molar-refractivity contribution in [2.24, 2.45) is 0 Å². The van der Waals surface area contributed by atoms with Gasteiger partial charge in [0.15, 0.2) is 10.6 Å². The van der Waals surface area contributed by atoms with Crippen LogP contribution in [-0.4, -0.2) is 20.7 Å². The number of amides is 1. The highest BCUT2D eigenvalue weighted by Crippen LogP contribution is 2.22. The van der Waals surface area contributed by atoms with Gasteiger partial charge in [-0.2, -0.15) is 5.10 Å². The molecular weight excluding hydrogens is 335 g/mol. The molecule has 0 bridgehead atoms. The molecule has 0 aliphatic carbocycles. The lowest BCUT2D eigenvalue weighted by Gasteiger charge is -2.07. The third kappa shape index (κ3) is 3.72. The van der Waals surface area contributed by atoms with Crippen LogP contribution in [0.2, 0.25) is 0 Å². The fraction of sp³-hybridized carbons (Fsp3) is 0.133. The van der Waals surface area contributed by atoms with E-state index in [1.165, 1.54) is 23.5 Å². The quantitative estimate of drug-likeness (QED) is 0.697. The van der Waals surface area contributed by atoms with E-state index in [0.29, 0.717) is 17.1 Å². The van der Waals surface area contributed by atoms with Gasteiger partial charge >= 0.3 is 0 Å². The third-order valence-corrected chi connectivity index (χ3v) is 4.38. The number of hydrogen-bond acceptors (Lipinski definition) is 4. The Balaban J connectivity index is 1.67. The number of carbonyl (C=O) groups is 1. The molecule has 0 aliphatic heterocycles. The van der Waals surface area contributed by atoms with Crippen LogP contribution in [-0.2, 0) is 17.9 Å². The summed E-state index contributed by atoms with van der Waals surface area (Å²) in [5, 5.41) is 11.6. The van der Waals surface area contributed by atoms with Crippen LogP contribution in [0.3, 0.4) is 0 Å². The minimum absolute atomic E-state index is 0.0732. The molecule has 2 aromatic heterocycles. The molecule has 0 saturated carbocycles. The normalized spacial score (nSPS) is 10.7. The Labute approximate surface area is 140 Å². The molecule has 3 aromatic rings. The summed E-state index contributed by atoms with van der Waals surface area (Å²) in [5.41, 5.74) is 0.828. The largest absolute Gasteiger partial charge is 0.350 e. The summed E-state index contributed by atoms with van der Waals surface area (Å²) >= 11 is 6.71. The number of aromatic amines is 1. The Morgan fingerprint density at radius 2 is 2.13 bits per heavy atom. The number of H-pyrrole nitrogens is 1. The van der Waals surface area contributed by atoms with Gasteiger partial charge in [-0.1, -0.05) is 18.2 Å². The Morgan fingerprint density at radius 1 is 1.35 bits per heavy atom. The summed E-state index contributed by atoms with van der Waals surface area (Å²) < 4.78 is 14.9. The zero-order valence-corrected chi connectivity index (χ0v) is 13.6. The molecule has 0 spiro atoms. The lowest BCUT2D eigenvalue weighted by Crippen LogP contribution is -2.27. The highest BCUT2D eigenvalue weighted by molar-refractivity contribution is 7.71. The number of aromatic nitrogens is 3. The van der Waals surface area contributed by atoms with Crippen LogP contribution in [0.5, 0.6) is 0 Å². The number of carbonyl (C=O) groups excluding carboxylic acids is 1. The lowest BCUT2D eigenvalue weighted by molar-refractivity contribution is -0.121. The highest BCUT2D eigenvalue weighted by Gasteiger charge is 2.12. The van der Waals surface area contributed by atoms with E-state index in [9.17, 15) is 9.18 Å². The van der Waals surface area contributed by atoms with E-state index in [0.717, 1.165) is 10.4 Å². The van der Waals surface area contributed by atoms with Crippen LogP contribution >= 0.6 is 23.6 Å². The number of benzene rings is 1. The van der Waals surface area contributed by atoms with Gasteiger partial charge in [0.2, 0.25) is 5.91 Å². The van der Waals surface area contributed by atoms with Crippen molar-refractivity contribution >= 4 is 29.5 Å². The topological polar surface area (TPSA) is 62.7 Å². The van der Waals surface area contributed by atoms with Gasteiger partial charge in [-0.25, -0.2) is 4.39 Å². The van der Waals surface area contributed by atoms with Crippen molar-refractivity contribution in [1.29, 1.82) is 0 Å². The van der Waals surface area contributed by atoms with Gasteiger partial charge in [-0.15, -0.1) is 11.3 Å². The molecule has 0 aliphatic rings. The number of nitrogens with zero attached hydrogens (tertiary/aromatic N) is 2. The number of nitrogens with one attached hydrogen (secondary N) is 2. The van der Waals surface area contributed by atoms with Crippen molar-refractivity contribution in [3.63, 3.8) is 0 Å². The molecule has 0 fully saturated rings. The summed E-state index contributed by atoms with van der Waals surface area (Å²) in [6, 6.07) is 9.83. The molecule has 5 nitrogen and oxygen atoms in total. The third-order valence-electron chi connectivity index (χ3n) is 3.20. The van der Waals surface area contributed by atoms with E-state index in [1.54, 1.807) is 16.7 Å². The van der Waals surface area contributed by atoms with Gasteiger partial charge in [-0.3, -0.25) is 14.5 Å². The first-order chi connectivity index (χ1) is 11.1. The second-order valence-corrected chi connectivity index (χ2v) is 6.15. The van der Waals surface area contributed by atoms with E-state index < -0.39 is 0 Å². The molecule has 118 valence electrons. The van der Waals surface area contributed by atoms with Crippen LogP contribution in [0.1, 0.15) is 5.56 Å². The first-order valence-electron chi connectivity index (χ1n) is 6.84. The van der Waals surface area contributed by atoms with E-state index in [1.807, 2.05) is 17.5 Å². The molecule has 2 N–H and O–H groups in total. The van der Waals surface area contributed by atoms with Crippen molar-refractivity contribution < 1.29 is 9.18 Å². The molecule has 23 heavy (non-hydrogen) atoms. The van der Waals surface area contributed by atoms with Crippen LogP contribution in [0, 0.1) is 10.6 Å². The maximum atomic E-state index is 12.8. The van der Waals surface area contributed by atoms with Crippen molar-refractivity contribution in [3.05, 3.63) is 57.9 Å². The second kappa shape index (κ2) is 6.84. The van der Waals surface area contributed by atoms with Crippen LogP contribution < -0.4 is 5.32 Å². The first-order valence-corrected chi connectivity index (χ1v) is 8.12. The smallest absolute Gasteiger partial charge is 0.240 e. The average molecular weight is 348 g/mol. The summed E-state index contributed by atoms with van der Waals surface area (Å²) in [5.74, 6) is 0.150. The maximum absolute atomic E-state index is 12.8. The summed E-state index contributed by atoms with van der Waals surface area (Å²) in [6.07, 6.45) is 0. The van der Waals surface area contributed by atoms with Crippen molar-refractivity contribution in [2.75, 3.05) is 0 Å². The van der Waals surface area contributed by atoms with Crippen molar-refractivity contribution in [2.45, 2.75) is 13.1 Å². The predicted molar refractivity (Wildman–Crippen MR) is 89.0 cm³/mol.